The normalized spacial score (nSPS) is 26.2. The minimum atomic E-state index is 0.170. The van der Waals surface area contributed by atoms with Gasteiger partial charge in [0.05, 0.1) is 17.9 Å². The van der Waals surface area contributed by atoms with Gasteiger partial charge in [-0.2, -0.15) is 0 Å². The lowest BCUT2D eigenvalue weighted by molar-refractivity contribution is -0.128. The first-order valence-corrected chi connectivity index (χ1v) is 8.91. The number of fused-ring (bicyclic) bond motifs is 2. The highest BCUT2D eigenvalue weighted by atomic mass is 32.1. The maximum atomic E-state index is 12.0. The number of piperazine rings is 1. The fourth-order valence-electron chi connectivity index (χ4n) is 3.94. The molecule has 5 nitrogen and oxygen atoms in total. The number of amides is 1. The Kier molecular flexibility index (Phi) is 3.46. The van der Waals surface area contributed by atoms with E-state index in [9.17, 15) is 4.79 Å². The molecule has 2 fully saturated rings. The van der Waals surface area contributed by atoms with E-state index in [2.05, 4.69) is 39.6 Å². The first-order valence-electron chi connectivity index (χ1n) is 8.09. The van der Waals surface area contributed by atoms with Gasteiger partial charge in [0.25, 0.3) is 0 Å². The second-order valence-electron chi connectivity index (χ2n) is 6.57. The smallest absolute Gasteiger partial charge is 0.234 e. The molecule has 0 spiro atoms. The number of aryl methyl sites for hydroxylation is 2. The largest absolute Gasteiger partial charge is 0.351 e. The van der Waals surface area contributed by atoms with Gasteiger partial charge in [0.2, 0.25) is 5.91 Å². The van der Waals surface area contributed by atoms with Crippen LogP contribution in [0.25, 0.3) is 4.96 Å². The summed E-state index contributed by atoms with van der Waals surface area (Å²) < 4.78 is 2.21. The van der Waals surface area contributed by atoms with Crippen molar-refractivity contribution in [2.45, 2.75) is 58.2 Å². The van der Waals surface area contributed by atoms with Crippen molar-refractivity contribution < 1.29 is 4.79 Å². The number of aromatic nitrogens is 2. The number of hydrogen-bond donors (Lipinski definition) is 1. The van der Waals surface area contributed by atoms with E-state index in [4.69, 9.17) is 0 Å². The lowest BCUT2D eigenvalue weighted by atomic mass is 9.87. The standard InChI is InChI=1S/C16H22N4OS/c1-10-7-20-14(11(2)17-16(20)22-10)8-19-9-15(21)18-12-5-3-4-6-13(12)19/h7,12-13H,3-6,8-9H2,1-2H3,(H,18,21)/t12-,13-/m1/s1. The third kappa shape index (κ3) is 2.34. The number of nitrogens with zero attached hydrogens (tertiary/aromatic N) is 3. The molecule has 2 aliphatic rings. The van der Waals surface area contributed by atoms with E-state index in [1.54, 1.807) is 11.3 Å². The van der Waals surface area contributed by atoms with Crippen LogP contribution in [0.2, 0.25) is 0 Å². The number of rotatable bonds is 2. The summed E-state index contributed by atoms with van der Waals surface area (Å²) in [4.78, 5) is 21.4. The highest BCUT2D eigenvalue weighted by Gasteiger charge is 2.36. The van der Waals surface area contributed by atoms with Crippen LogP contribution in [0.1, 0.15) is 41.9 Å². The monoisotopic (exact) mass is 318 g/mol. The molecule has 0 aromatic carbocycles. The predicted octanol–water partition coefficient (Wildman–Crippen LogP) is 2.26. The van der Waals surface area contributed by atoms with Crippen LogP contribution in [0.4, 0.5) is 0 Å². The number of thiazole rings is 1. The highest BCUT2D eigenvalue weighted by molar-refractivity contribution is 7.17. The van der Waals surface area contributed by atoms with Crippen LogP contribution in [0.15, 0.2) is 6.20 Å². The average Bonchev–Trinajstić information content (AvgIpc) is 2.96. The van der Waals surface area contributed by atoms with Crippen molar-refractivity contribution in [2.75, 3.05) is 6.54 Å². The summed E-state index contributed by atoms with van der Waals surface area (Å²) in [7, 11) is 0. The van der Waals surface area contributed by atoms with Gasteiger partial charge in [-0.3, -0.25) is 14.1 Å². The summed E-state index contributed by atoms with van der Waals surface area (Å²) in [5.41, 5.74) is 2.32. The molecule has 1 aliphatic carbocycles. The molecule has 118 valence electrons. The van der Waals surface area contributed by atoms with Crippen molar-refractivity contribution in [2.24, 2.45) is 0 Å². The van der Waals surface area contributed by atoms with Crippen LogP contribution in [-0.2, 0) is 11.3 Å². The van der Waals surface area contributed by atoms with Crippen molar-refractivity contribution in [3.63, 3.8) is 0 Å². The quantitative estimate of drug-likeness (QED) is 0.924. The minimum Gasteiger partial charge on any atom is -0.351 e. The van der Waals surface area contributed by atoms with Gasteiger partial charge >= 0.3 is 0 Å². The molecule has 1 saturated heterocycles. The van der Waals surface area contributed by atoms with E-state index in [0.717, 1.165) is 23.6 Å². The van der Waals surface area contributed by atoms with E-state index in [1.807, 2.05) is 0 Å². The molecule has 0 unspecified atom stereocenters. The van der Waals surface area contributed by atoms with E-state index in [0.29, 0.717) is 18.6 Å². The summed E-state index contributed by atoms with van der Waals surface area (Å²) in [5.74, 6) is 0.170. The summed E-state index contributed by atoms with van der Waals surface area (Å²) >= 11 is 1.73. The van der Waals surface area contributed by atoms with Crippen molar-refractivity contribution in [3.05, 3.63) is 22.5 Å². The summed E-state index contributed by atoms with van der Waals surface area (Å²) in [6.45, 7) is 5.52. The number of nitrogens with one attached hydrogen (secondary N) is 1. The summed E-state index contributed by atoms with van der Waals surface area (Å²) in [6, 6.07) is 0.819. The van der Waals surface area contributed by atoms with Crippen molar-refractivity contribution in [3.8, 4) is 0 Å². The first-order chi connectivity index (χ1) is 10.6. The lowest BCUT2D eigenvalue weighted by Crippen LogP contribution is -2.61. The minimum absolute atomic E-state index is 0.170. The van der Waals surface area contributed by atoms with E-state index in [-0.39, 0.29) is 5.91 Å². The summed E-state index contributed by atoms with van der Waals surface area (Å²) in [5, 5.41) is 3.18. The van der Waals surface area contributed by atoms with Crippen LogP contribution in [0.5, 0.6) is 0 Å². The molecule has 6 heteroatoms. The van der Waals surface area contributed by atoms with Crippen molar-refractivity contribution in [1.82, 2.24) is 19.6 Å². The Labute approximate surface area is 134 Å². The number of carbonyl (C=O) groups is 1. The Balaban J connectivity index is 1.65. The van der Waals surface area contributed by atoms with Gasteiger partial charge in [-0.15, -0.1) is 11.3 Å². The number of carbonyl (C=O) groups excluding carboxylic acids is 1. The number of hydrogen-bond acceptors (Lipinski definition) is 4. The lowest BCUT2D eigenvalue weighted by Gasteiger charge is -2.43. The van der Waals surface area contributed by atoms with E-state index in [1.165, 1.54) is 29.8 Å². The van der Waals surface area contributed by atoms with Gasteiger partial charge in [0.1, 0.15) is 0 Å². The van der Waals surface area contributed by atoms with Crippen LogP contribution < -0.4 is 5.32 Å². The fraction of sp³-hybridized carbons (Fsp3) is 0.625. The number of imidazole rings is 1. The molecule has 2 aromatic heterocycles. The maximum absolute atomic E-state index is 12.0. The molecule has 3 heterocycles. The van der Waals surface area contributed by atoms with Crippen LogP contribution in [-0.4, -0.2) is 38.8 Å². The van der Waals surface area contributed by atoms with Gasteiger partial charge < -0.3 is 5.32 Å². The van der Waals surface area contributed by atoms with Crippen molar-refractivity contribution >= 4 is 22.2 Å². The molecule has 2 aromatic rings. The van der Waals surface area contributed by atoms with E-state index >= 15 is 0 Å². The zero-order valence-corrected chi connectivity index (χ0v) is 13.9. The maximum Gasteiger partial charge on any atom is 0.234 e. The Morgan fingerprint density at radius 3 is 3.05 bits per heavy atom. The average molecular weight is 318 g/mol. The SMILES string of the molecule is Cc1cn2c(CN3CC(=O)N[C@@H]4CCCC[C@H]43)c(C)nc2s1. The second kappa shape index (κ2) is 5.35. The molecule has 4 rings (SSSR count). The molecule has 1 amide bonds. The molecular weight excluding hydrogens is 296 g/mol. The second-order valence-corrected chi connectivity index (χ2v) is 7.78. The van der Waals surface area contributed by atoms with Gasteiger partial charge in [0.15, 0.2) is 4.96 Å². The van der Waals surface area contributed by atoms with Crippen LogP contribution in [0.3, 0.4) is 0 Å². The third-order valence-electron chi connectivity index (χ3n) is 4.99. The molecule has 1 saturated carbocycles. The zero-order valence-electron chi connectivity index (χ0n) is 13.1. The Morgan fingerprint density at radius 1 is 1.36 bits per heavy atom. The third-order valence-corrected chi connectivity index (χ3v) is 5.88. The molecule has 0 radical (unpaired) electrons. The Hall–Kier alpha value is -1.40. The van der Waals surface area contributed by atoms with Crippen LogP contribution in [0, 0.1) is 13.8 Å². The van der Waals surface area contributed by atoms with Crippen LogP contribution >= 0.6 is 11.3 Å². The molecule has 2 atom stereocenters. The van der Waals surface area contributed by atoms with E-state index < -0.39 is 0 Å². The molecular formula is C16H22N4OS. The van der Waals surface area contributed by atoms with Gasteiger partial charge in [0, 0.05) is 29.7 Å². The topological polar surface area (TPSA) is 49.6 Å². The van der Waals surface area contributed by atoms with Crippen molar-refractivity contribution in [1.29, 1.82) is 0 Å². The van der Waals surface area contributed by atoms with Gasteiger partial charge in [-0.05, 0) is 26.7 Å². The van der Waals surface area contributed by atoms with Gasteiger partial charge in [-0.1, -0.05) is 12.8 Å². The highest BCUT2D eigenvalue weighted by Crippen LogP contribution is 2.28. The molecule has 22 heavy (non-hydrogen) atoms. The molecule has 1 aliphatic heterocycles. The fourth-order valence-corrected chi connectivity index (χ4v) is 4.83. The predicted molar refractivity (Wildman–Crippen MR) is 87.1 cm³/mol. The van der Waals surface area contributed by atoms with Gasteiger partial charge in [-0.25, -0.2) is 4.98 Å². The summed E-state index contributed by atoms with van der Waals surface area (Å²) in [6.07, 6.45) is 6.97. The first kappa shape index (κ1) is 14.2. The molecule has 0 bridgehead atoms. The zero-order chi connectivity index (χ0) is 15.3. The Bertz CT molecular complexity index is 719. The molecule has 1 N–H and O–H groups in total. The Morgan fingerprint density at radius 2 is 2.18 bits per heavy atom.